The number of phenols is 1. The summed E-state index contributed by atoms with van der Waals surface area (Å²) in [6, 6.07) is 15.3. The van der Waals surface area contributed by atoms with Gasteiger partial charge in [0.25, 0.3) is 0 Å². The first-order valence-corrected chi connectivity index (χ1v) is 9.83. The highest BCUT2D eigenvalue weighted by molar-refractivity contribution is 5.99. The van der Waals surface area contributed by atoms with Gasteiger partial charge < -0.3 is 10.0 Å². The first-order valence-electron chi connectivity index (χ1n) is 9.83. The molecule has 7 heteroatoms. The molecule has 0 unspecified atom stereocenters. The summed E-state index contributed by atoms with van der Waals surface area (Å²) < 4.78 is 1.57. The van der Waals surface area contributed by atoms with E-state index >= 15 is 0 Å². The number of hydrogen-bond acceptors (Lipinski definition) is 5. The van der Waals surface area contributed by atoms with Gasteiger partial charge in [-0.05, 0) is 36.4 Å². The number of nitrogens with zero attached hydrogens (tertiary/aromatic N) is 4. The Morgan fingerprint density at radius 1 is 1.07 bits per heavy atom. The third-order valence-corrected chi connectivity index (χ3v) is 5.79. The molecule has 5 rings (SSSR count). The van der Waals surface area contributed by atoms with E-state index < -0.39 is 0 Å². The monoisotopic (exact) mass is 389 g/mol. The Hall–Kier alpha value is -3.16. The Balaban J connectivity index is 1.69. The van der Waals surface area contributed by atoms with Gasteiger partial charge in [-0.3, -0.25) is 4.90 Å². The van der Waals surface area contributed by atoms with Crippen LogP contribution in [0.15, 0.2) is 53.3 Å². The molecular formula is C22H23N5O2. The van der Waals surface area contributed by atoms with Crippen molar-refractivity contribution in [2.75, 3.05) is 33.2 Å². The van der Waals surface area contributed by atoms with Gasteiger partial charge in [0.05, 0.1) is 5.52 Å². The van der Waals surface area contributed by atoms with E-state index in [2.05, 4.69) is 33.1 Å². The maximum Gasteiger partial charge on any atom is 0.348 e. The van der Waals surface area contributed by atoms with Gasteiger partial charge in [0.1, 0.15) is 5.75 Å². The maximum absolute atomic E-state index is 12.2. The molecule has 1 aliphatic heterocycles. The highest BCUT2D eigenvalue weighted by Crippen LogP contribution is 2.38. The molecule has 2 aromatic carbocycles. The van der Waals surface area contributed by atoms with Crippen LogP contribution in [-0.4, -0.2) is 62.7 Å². The predicted octanol–water partition coefficient (Wildman–Crippen LogP) is 2.30. The zero-order chi connectivity index (χ0) is 20.0. The predicted molar refractivity (Wildman–Crippen MR) is 113 cm³/mol. The van der Waals surface area contributed by atoms with Crippen LogP contribution >= 0.6 is 0 Å². The van der Waals surface area contributed by atoms with Crippen molar-refractivity contribution in [3.05, 3.63) is 64.6 Å². The van der Waals surface area contributed by atoms with Crippen molar-refractivity contribution in [1.29, 1.82) is 0 Å². The van der Waals surface area contributed by atoms with Crippen molar-refractivity contribution in [3.63, 3.8) is 0 Å². The molecule has 3 heterocycles. The number of hydrogen-bond donors (Lipinski definition) is 2. The number of pyridine rings is 1. The van der Waals surface area contributed by atoms with E-state index in [1.165, 1.54) is 0 Å². The number of aromatic hydroxyl groups is 1. The molecule has 29 heavy (non-hydrogen) atoms. The molecule has 7 nitrogen and oxygen atoms in total. The normalized spacial score (nSPS) is 16.0. The van der Waals surface area contributed by atoms with Gasteiger partial charge in [-0.25, -0.2) is 14.3 Å². The van der Waals surface area contributed by atoms with Gasteiger partial charge in [0, 0.05) is 43.7 Å². The van der Waals surface area contributed by atoms with Gasteiger partial charge >= 0.3 is 5.69 Å². The molecule has 148 valence electrons. The molecule has 0 atom stereocenters. The summed E-state index contributed by atoms with van der Waals surface area (Å²) in [5.74, 6) is 0.240. The molecule has 0 radical (unpaired) electrons. The number of rotatable bonds is 3. The molecule has 4 aromatic rings. The van der Waals surface area contributed by atoms with Gasteiger partial charge in [-0.15, -0.1) is 0 Å². The van der Waals surface area contributed by atoms with E-state index in [1.807, 2.05) is 36.4 Å². The molecule has 1 saturated heterocycles. The van der Waals surface area contributed by atoms with Crippen LogP contribution in [0.4, 0.5) is 0 Å². The van der Waals surface area contributed by atoms with Crippen molar-refractivity contribution in [1.82, 2.24) is 24.4 Å². The molecule has 1 aliphatic rings. The number of H-pyrrole nitrogens is 1. The van der Waals surface area contributed by atoms with Crippen LogP contribution in [-0.2, 0) is 6.54 Å². The Bertz CT molecular complexity index is 1250. The SMILES string of the molecule is CN1CCN(Cc2cccc(O)c2-c2cc3n[nH]c(=O)n3c3ccccc23)CC1. The third kappa shape index (κ3) is 3.08. The Morgan fingerprint density at radius 2 is 1.86 bits per heavy atom. The van der Waals surface area contributed by atoms with E-state index in [0.29, 0.717) is 5.65 Å². The van der Waals surface area contributed by atoms with Gasteiger partial charge in [-0.1, -0.05) is 30.3 Å². The lowest BCUT2D eigenvalue weighted by Gasteiger charge is -2.32. The van der Waals surface area contributed by atoms with Crippen molar-refractivity contribution < 1.29 is 5.11 Å². The van der Waals surface area contributed by atoms with Crippen LogP contribution in [0.5, 0.6) is 5.75 Å². The Morgan fingerprint density at radius 3 is 2.69 bits per heavy atom. The fourth-order valence-electron chi connectivity index (χ4n) is 4.23. The maximum atomic E-state index is 12.2. The molecule has 0 spiro atoms. The van der Waals surface area contributed by atoms with Crippen molar-refractivity contribution >= 4 is 16.6 Å². The first-order chi connectivity index (χ1) is 14.1. The van der Waals surface area contributed by atoms with Gasteiger partial charge in [-0.2, -0.15) is 5.10 Å². The van der Waals surface area contributed by atoms with E-state index in [9.17, 15) is 9.90 Å². The highest BCUT2D eigenvalue weighted by atomic mass is 16.3. The second-order valence-corrected chi connectivity index (χ2v) is 7.69. The number of nitrogens with one attached hydrogen (secondary N) is 1. The van der Waals surface area contributed by atoms with Crippen LogP contribution in [0.1, 0.15) is 5.56 Å². The summed E-state index contributed by atoms with van der Waals surface area (Å²) in [5.41, 5.74) is 3.81. The third-order valence-electron chi connectivity index (χ3n) is 5.79. The Labute approximate surface area is 167 Å². The lowest BCUT2D eigenvalue weighted by molar-refractivity contribution is 0.148. The van der Waals surface area contributed by atoms with E-state index in [4.69, 9.17) is 0 Å². The van der Waals surface area contributed by atoms with Crippen LogP contribution in [0.2, 0.25) is 0 Å². The van der Waals surface area contributed by atoms with E-state index in [0.717, 1.165) is 60.3 Å². The summed E-state index contributed by atoms with van der Waals surface area (Å²) in [7, 11) is 2.14. The Kier molecular flexibility index (Phi) is 4.34. The average Bonchev–Trinajstić information content (AvgIpc) is 3.10. The zero-order valence-corrected chi connectivity index (χ0v) is 16.3. The minimum absolute atomic E-state index is 0.240. The van der Waals surface area contributed by atoms with Crippen LogP contribution in [0, 0.1) is 0 Å². The van der Waals surface area contributed by atoms with Crippen LogP contribution < -0.4 is 5.69 Å². The fraction of sp³-hybridized carbons (Fsp3) is 0.273. The van der Waals surface area contributed by atoms with Gasteiger partial charge in [0.2, 0.25) is 0 Å². The number of aromatic amines is 1. The quantitative estimate of drug-likeness (QED) is 0.562. The van der Waals surface area contributed by atoms with Crippen molar-refractivity contribution in [3.8, 4) is 16.9 Å². The summed E-state index contributed by atoms with van der Waals surface area (Å²) >= 11 is 0. The van der Waals surface area contributed by atoms with Gasteiger partial charge in [0.15, 0.2) is 5.65 Å². The number of piperazine rings is 1. The lowest BCUT2D eigenvalue weighted by atomic mass is 9.95. The first kappa shape index (κ1) is 17.9. The largest absolute Gasteiger partial charge is 0.507 e. The second-order valence-electron chi connectivity index (χ2n) is 7.69. The number of likely N-dealkylation sites (N-methyl/N-ethyl adjacent to an activating group) is 1. The number of phenolic OH excluding ortho intramolecular Hbond substituents is 1. The molecule has 2 aromatic heterocycles. The van der Waals surface area contributed by atoms with E-state index in [1.54, 1.807) is 10.5 Å². The summed E-state index contributed by atoms with van der Waals surface area (Å²) in [6.45, 7) is 4.85. The summed E-state index contributed by atoms with van der Waals surface area (Å²) in [5, 5.41) is 18.4. The standard InChI is InChI=1S/C22H23N5O2/c1-25-9-11-26(12-10-25)14-15-5-4-8-19(28)21(15)17-13-20-23-24-22(29)27(20)18-7-3-2-6-16(17)18/h2-8,13,28H,9-12,14H2,1H3,(H,24,29). The van der Waals surface area contributed by atoms with E-state index in [-0.39, 0.29) is 11.4 Å². The molecule has 0 aliphatic carbocycles. The van der Waals surface area contributed by atoms with Crippen molar-refractivity contribution in [2.45, 2.75) is 6.54 Å². The minimum atomic E-state index is -0.266. The fourth-order valence-corrected chi connectivity index (χ4v) is 4.23. The highest BCUT2D eigenvalue weighted by Gasteiger charge is 2.20. The summed E-state index contributed by atoms with van der Waals surface area (Å²) in [6.07, 6.45) is 0. The molecule has 1 fully saturated rings. The number of aromatic nitrogens is 3. The van der Waals surface area contributed by atoms with Crippen molar-refractivity contribution in [2.24, 2.45) is 0 Å². The van der Waals surface area contributed by atoms with Crippen LogP contribution in [0.25, 0.3) is 27.7 Å². The molecular weight excluding hydrogens is 366 g/mol. The van der Waals surface area contributed by atoms with Crippen LogP contribution in [0.3, 0.4) is 0 Å². The smallest absolute Gasteiger partial charge is 0.348 e. The molecule has 0 amide bonds. The summed E-state index contributed by atoms with van der Waals surface area (Å²) in [4.78, 5) is 17.0. The number of benzene rings is 2. The zero-order valence-electron chi connectivity index (χ0n) is 16.3. The minimum Gasteiger partial charge on any atom is -0.507 e. The second kappa shape index (κ2) is 7.02. The average molecular weight is 389 g/mol. The topological polar surface area (TPSA) is 76.9 Å². The molecule has 0 bridgehead atoms. The molecule has 2 N–H and O–H groups in total. The molecule has 0 saturated carbocycles. The number of para-hydroxylation sites is 1. The lowest BCUT2D eigenvalue weighted by Crippen LogP contribution is -2.43. The number of fused-ring (bicyclic) bond motifs is 3.